The van der Waals surface area contributed by atoms with Gasteiger partial charge >= 0.3 is 5.97 Å². The highest BCUT2D eigenvalue weighted by Crippen LogP contribution is 2.51. The number of hydrogen-bond acceptors (Lipinski definition) is 6. The van der Waals surface area contributed by atoms with E-state index < -0.39 is 5.97 Å². The lowest BCUT2D eigenvalue weighted by Crippen LogP contribution is -1.96. The molecule has 0 aliphatic heterocycles. The van der Waals surface area contributed by atoms with Crippen molar-refractivity contribution in [1.82, 2.24) is 4.57 Å². The van der Waals surface area contributed by atoms with Crippen molar-refractivity contribution in [1.29, 1.82) is 5.26 Å². The number of hydrogen-bond donors (Lipinski definition) is 1. The van der Waals surface area contributed by atoms with Gasteiger partial charge in [0.2, 0.25) is 0 Å². The van der Waals surface area contributed by atoms with Crippen LogP contribution in [0.1, 0.15) is 126 Å². The standard InChI is InChI=1S/C56H60N2O2S4/c1-5-9-12-16-25-38-30-43(31-42(36-57)56(59)60)61-52(38)47-33-39(26-17-13-10-6-2)53(62-47)48-34-40(27-18-14-11-7-3)54(63-48)49-35-41-32-45(37-23-19-15-20-24-37)50-44-28-21-22-29-46(44)58(8-4)51(50)55(41)64-49/h15,19-24,28-35H,5-14,16-18,25-27H2,1-4H3,(H,59,60)/b42-31-. The third kappa shape index (κ3) is 9.75. The van der Waals surface area contributed by atoms with Gasteiger partial charge in [0.05, 0.1) is 10.2 Å². The highest BCUT2D eigenvalue weighted by molar-refractivity contribution is 7.30. The first-order valence-corrected chi connectivity index (χ1v) is 26.9. The molecule has 0 aliphatic rings. The van der Waals surface area contributed by atoms with Crippen LogP contribution in [0.2, 0.25) is 0 Å². The first-order valence-electron chi connectivity index (χ1n) is 23.6. The van der Waals surface area contributed by atoms with Gasteiger partial charge in [-0.1, -0.05) is 127 Å². The Morgan fingerprint density at radius 1 is 0.641 bits per heavy atom. The first kappa shape index (κ1) is 45.8. The van der Waals surface area contributed by atoms with Gasteiger partial charge in [0, 0.05) is 57.0 Å². The maximum Gasteiger partial charge on any atom is 0.346 e. The summed E-state index contributed by atoms with van der Waals surface area (Å²) in [6.45, 7) is 9.99. The van der Waals surface area contributed by atoms with Crippen LogP contribution in [0.4, 0.5) is 0 Å². The smallest absolute Gasteiger partial charge is 0.346 e. The zero-order chi connectivity index (χ0) is 44.6. The van der Waals surface area contributed by atoms with Crippen molar-refractivity contribution in [2.45, 2.75) is 131 Å². The van der Waals surface area contributed by atoms with Gasteiger partial charge in [-0.3, -0.25) is 0 Å². The topological polar surface area (TPSA) is 66.0 Å². The zero-order valence-corrected chi connectivity index (χ0v) is 41.1. The third-order valence-corrected chi connectivity index (χ3v) is 17.7. The second kappa shape index (κ2) is 21.5. The minimum absolute atomic E-state index is 0.221. The molecule has 4 nitrogen and oxygen atoms in total. The maximum atomic E-state index is 11.9. The maximum absolute atomic E-state index is 11.9. The lowest BCUT2D eigenvalue weighted by Gasteiger charge is -2.08. The minimum Gasteiger partial charge on any atom is -0.477 e. The number of para-hydroxylation sites is 1. The molecular formula is C56H60N2O2S4. The van der Waals surface area contributed by atoms with E-state index in [0.29, 0.717) is 0 Å². The monoisotopic (exact) mass is 920 g/mol. The van der Waals surface area contributed by atoms with Crippen LogP contribution in [0.3, 0.4) is 0 Å². The number of aliphatic carboxylic acids is 1. The van der Waals surface area contributed by atoms with Crippen LogP contribution < -0.4 is 0 Å². The van der Waals surface area contributed by atoms with Crippen LogP contribution in [-0.2, 0) is 30.6 Å². The Morgan fingerprint density at radius 3 is 1.75 bits per heavy atom. The molecule has 5 heterocycles. The summed E-state index contributed by atoms with van der Waals surface area (Å²) in [5.74, 6) is -1.18. The fraction of sp³-hybridized carbons (Fsp3) is 0.357. The highest BCUT2D eigenvalue weighted by atomic mass is 32.1. The Balaban J connectivity index is 1.28. The molecule has 0 saturated heterocycles. The minimum atomic E-state index is -1.18. The van der Waals surface area contributed by atoms with Gasteiger partial charge in [-0.15, -0.1) is 45.3 Å². The number of carbonyl (C=O) groups is 1. The van der Waals surface area contributed by atoms with Crippen LogP contribution in [0.25, 0.3) is 78.4 Å². The van der Waals surface area contributed by atoms with Crippen LogP contribution in [0.5, 0.6) is 0 Å². The number of aryl methyl sites for hydroxylation is 4. The summed E-state index contributed by atoms with van der Waals surface area (Å²) in [6, 6.07) is 33.8. The van der Waals surface area contributed by atoms with E-state index in [1.807, 2.05) is 40.1 Å². The van der Waals surface area contributed by atoms with Crippen molar-refractivity contribution in [3.8, 4) is 46.5 Å². The van der Waals surface area contributed by atoms with E-state index in [-0.39, 0.29) is 5.57 Å². The number of fused-ring (bicyclic) bond motifs is 5. The number of benzene rings is 3. The molecule has 0 unspecified atom stereocenters. The highest BCUT2D eigenvalue weighted by Gasteiger charge is 2.24. The van der Waals surface area contributed by atoms with Crippen LogP contribution in [0.15, 0.2) is 90.5 Å². The fourth-order valence-electron chi connectivity index (χ4n) is 9.32. The van der Waals surface area contributed by atoms with E-state index in [9.17, 15) is 15.2 Å². The first-order chi connectivity index (χ1) is 31.4. The SMILES string of the molecule is CCCCCCc1cc(/C=C(/C#N)C(=O)O)sc1-c1cc(CCCCCC)c(-c2cc(CCCCCC)c(-c3cc4cc(-c5ccccc5)c5c6ccccc6n(CC)c5c4s3)s2)s1. The van der Waals surface area contributed by atoms with Gasteiger partial charge < -0.3 is 9.67 Å². The molecule has 5 aromatic heterocycles. The summed E-state index contributed by atoms with van der Waals surface area (Å²) in [6.07, 6.45) is 19.0. The van der Waals surface area contributed by atoms with E-state index >= 15 is 0 Å². The Kier molecular flexibility index (Phi) is 15.4. The lowest BCUT2D eigenvalue weighted by atomic mass is 9.98. The molecular weight excluding hydrogens is 861 g/mol. The summed E-state index contributed by atoms with van der Waals surface area (Å²) in [5, 5.41) is 23.3. The zero-order valence-electron chi connectivity index (χ0n) is 37.9. The molecule has 8 rings (SSSR count). The average molecular weight is 921 g/mol. The number of unbranched alkanes of at least 4 members (excludes halogenated alkanes) is 9. The van der Waals surface area contributed by atoms with Gasteiger partial charge in [-0.25, -0.2) is 4.79 Å². The fourth-order valence-corrected chi connectivity index (χ4v) is 14.5. The molecule has 0 fully saturated rings. The molecule has 8 heteroatoms. The molecule has 0 amide bonds. The summed E-state index contributed by atoms with van der Waals surface area (Å²) in [7, 11) is 0. The normalized spacial score (nSPS) is 12.0. The van der Waals surface area contributed by atoms with Crippen molar-refractivity contribution in [2.24, 2.45) is 0 Å². The number of nitrogens with zero attached hydrogens (tertiary/aromatic N) is 2. The Morgan fingerprint density at radius 2 is 1.19 bits per heavy atom. The Hall–Kier alpha value is -4.78. The molecule has 64 heavy (non-hydrogen) atoms. The van der Waals surface area contributed by atoms with Gasteiger partial charge in [0.15, 0.2) is 0 Å². The molecule has 0 saturated carbocycles. The molecule has 0 spiro atoms. The molecule has 8 aromatic rings. The number of thiophene rings is 4. The van der Waals surface area contributed by atoms with Crippen LogP contribution in [0, 0.1) is 11.3 Å². The molecule has 0 bridgehead atoms. The van der Waals surface area contributed by atoms with Gasteiger partial charge in [0.1, 0.15) is 11.6 Å². The van der Waals surface area contributed by atoms with Crippen molar-refractivity contribution >= 4 is 89.3 Å². The molecule has 330 valence electrons. The van der Waals surface area contributed by atoms with Gasteiger partial charge in [0.25, 0.3) is 0 Å². The predicted molar refractivity (Wildman–Crippen MR) is 281 cm³/mol. The van der Waals surface area contributed by atoms with Crippen molar-refractivity contribution in [2.75, 3.05) is 0 Å². The molecule has 3 aromatic carbocycles. The van der Waals surface area contributed by atoms with Crippen LogP contribution >= 0.6 is 45.3 Å². The number of carboxylic acids is 1. The number of aromatic nitrogens is 1. The molecule has 0 radical (unpaired) electrons. The van der Waals surface area contributed by atoms with E-state index in [4.69, 9.17) is 0 Å². The summed E-state index contributed by atoms with van der Waals surface area (Å²) >= 11 is 7.50. The Bertz CT molecular complexity index is 2940. The summed E-state index contributed by atoms with van der Waals surface area (Å²) in [5.41, 5.74) is 9.11. The van der Waals surface area contributed by atoms with E-state index in [0.717, 1.165) is 43.5 Å². The molecule has 0 atom stereocenters. The lowest BCUT2D eigenvalue weighted by molar-refractivity contribution is -0.132. The van der Waals surface area contributed by atoms with E-state index in [1.54, 1.807) is 17.4 Å². The quantitative estimate of drug-likeness (QED) is 0.0418. The summed E-state index contributed by atoms with van der Waals surface area (Å²) < 4.78 is 3.90. The third-order valence-electron chi connectivity index (χ3n) is 12.6. The van der Waals surface area contributed by atoms with Crippen molar-refractivity contribution < 1.29 is 9.90 Å². The largest absolute Gasteiger partial charge is 0.477 e. The number of rotatable bonds is 22. The molecule has 1 N–H and O–H groups in total. The second-order valence-corrected chi connectivity index (χ2v) is 21.4. The number of nitriles is 1. The summed E-state index contributed by atoms with van der Waals surface area (Å²) in [4.78, 5) is 20.7. The van der Waals surface area contributed by atoms with Gasteiger partial charge in [-0.2, -0.15) is 5.26 Å². The van der Waals surface area contributed by atoms with Crippen molar-refractivity contribution in [3.63, 3.8) is 0 Å². The van der Waals surface area contributed by atoms with Crippen molar-refractivity contribution in [3.05, 3.63) is 112 Å². The predicted octanol–water partition coefficient (Wildman–Crippen LogP) is 18.2. The van der Waals surface area contributed by atoms with E-state index in [2.05, 4.69) is 117 Å². The molecule has 0 aliphatic carbocycles. The van der Waals surface area contributed by atoms with Crippen LogP contribution in [-0.4, -0.2) is 15.6 Å². The average Bonchev–Trinajstić information content (AvgIpc) is 4.16. The van der Waals surface area contributed by atoms with Gasteiger partial charge in [-0.05, 0) is 121 Å². The Labute approximate surface area is 395 Å². The second-order valence-electron chi connectivity index (χ2n) is 17.1. The van der Waals surface area contributed by atoms with E-state index in [1.165, 1.54) is 153 Å². The number of carboxylic acid groups (broad SMARTS) is 1.